The normalized spacial score (nSPS) is 16.8. The maximum absolute atomic E-state index is 12.7. The third kappa shape index (κ3) is 4.95. The van der Waals surface area contributed by atoms with Crippen molar-refractivity contribution in [1.29, 1.82) is 0 Å². The van der Waals surface area contributed by atoms with Gasteiger partial charge in [0.25, 0.3) is 11.5 Å². The van der Waals surface area contributed by atoms with E-state index < -0.39 is 11.2 Å². The second-order valence-electron chi connectivity index (χ2n) is 7.93. The molecule has 2 N–H and O–H groups in total. The number of H-pyrrole nitrogens is 1. The summed E-state index contributed by atoms with van der Waals surface area (Å²) in [7, 11) is 0. The number of hydrogen-bond acceptors (Lipinski definition) is 6. The number of nitrogens with zero attached hydrogens (tertiary/aromatic N) is 3. The van der Waals surface area contributed by atoms with Gasteiger partial charge in [-0.3, -0.25) is 24.0 Å². The van der Waals surface area contributed by atoms with Crippen LogP contribution in [0, 0.1) is 0 Å². The molecule has 2 aromatic heterocycles. The molecule has 0 radical (unpaired) electrons. The number of rotatable bonds is 7. The van der Waals surface area contributed by atoms with Crippen molar-refractivity contribution in [3.63, 3.8) is 0 Å². The molecule has 9 heteroatoms. The van der Waals surface area contributed by atoms with Crippen molar-refractivity contribution < 1.29 is 9.53 Å². The Balaban J connectivity index is 1.41. The molecule has 1 aliphatic heterocycles. The van der Waals surface area contributed by atoms with E-state index in [0.717, 1.165) is 13.1 Å². The zero-order valence-electron chi connectivity index (χ0n) is 18.0. The summed E-state index contributed by atoms with van der Waals surface area (Å²) in [5.74, 6) is -0.337. The number of carbonyl (C=O) groups is 1. The summed E-state index contributed by atoms with van der Waals surface area (Å²) in [6, 6.07) is 11.7. The SMILES string of the molecule is CCCn1c(=O)[nH]c(=O)c2cc(C(=O)NCC3CN(Cc4ccccc4)CCO3)cnc21. The van der Waals surface area contributed by atoms with Gasteiger partial charge < -0.3 is 10.1 Å². The summed E-state index contributed by atoms with van der Waals surface area (Å²) in [6.07, 6.45) is 1.99. The molecule has 1 amide bonds. The van der Waals surface area contributed by atoms with E-state index in [1.165, 1.54) is 22.4 Å². The van der Waals surface area contributed by atoms with Crippen molar-refractivity contribution in [1.82, 2.24) is 24.8 Å². The predicted molar refractivity (Wildman–Crippen MR) is 121 cm³/mol. The van der Waals surface area contributed by atoms with Crippen LogP contribution < -0.4 is 16.6 Å². The van der Waals surface area contributed by atoms with Crippen LogP contribution in [0.15, 0.2) is 52.2 Å². The molecule has 0 bridgehead atoms. The fourth-order valence-corrected chi connectivity index (χ4v) is 3.92. The number of nitrogens with one attached hydrogen (secondary N) is 2. The molecule has 32 heavy (non-hydrogen) atoms. The lowest BCUT2D eigenvalue weighted by molar-refractivity contribution is -0.0292. The van der Waals surface area contributed by atoms with Crippen molar-refractivity contribution in [3.05, 3.63) is 74.6 Å². The van der Waals surface area contributed by atoms with Gasteiger partial charge in [-0.2, -0.15) is 0 Å². The van der Waals surface area contributed by atoms with Crippen LogP contribution in [0.1, 0.15) is 29.3 Å². The summed E-state index contributed by atoms with van der Waals surface area (Å²) in [5, 5.41) is 3.09. The van der Waals surface area contributed by atoms with E-state index in [-0.39, 0.29) is 28.6 Å². The molecule has 0 saturated carbocycles. The Morgan fingerprint density at radius 1 is 1.28 bits per heavy atom. The molecule has 1 saturated heterocycles. The van der Waals surface area contributed by atoms with Crippen molar-refractivity contribution in [2.24, 2.45) is 0 Å². The molecule has 0 spiro atoms. The summed E-state index contributed by atoms with van der Waals surface area (Å²) < 4.78 is 7.22. The number of ether oxygens (including phenoxy) is 1. The van der Waals surface area contributed by atoms with Crippen LogP contribution in [0.3, 0.4) is 0 Å². The lowest BCUT2D eigenvalue weighted by atomic mass is 10.2. The van der Waals surface area contributed by atoms with Gasteiger partial charge in [-0.05, 0) is 18.1 Å². The molecule has 3 heterocycles. The molecular weight excluding hydrogens is 410 g/mol. The first-order valence-electron chi connectivity index (χ1n) is 10.8. The lowest BCUT2D eigenvalue weighted by Gasteiger charge is -2.33. The summed E-state index contributed by atoms with van der Waals surface area (Å²) in [5.41, 5.74) is 0.743. The number of amides is 1. The van der Waals surface area contributed by atoms with Gasteiger partial charge in [-0.1, -0.05) is 37.3 Å². The Kier molecular flexibility index (Phi) is 6.77. The minimum absolute atomic E-state index is 0.122. The number of morpholine rings is 1. The van der Waals surface area contributed by atoms with Crippen LogP contribution in [0.25, 0.3) is 11.0 Å². The highest BCUT2D eigenvalue weighted by Crippen LogP contribution is 2.11. The fraction of sp³-hybridized carbons (Fsp3) is 0.391. The van der Waals surface area contributed by atoms with Crippen molar-refractivity contribution in [3.8, 4) is 0 Å². The van der Waals surface area contributed by atoms with Gasteiger partial charge in [0, 0.05) is 38.9 Å². The molecular formula is C23H27N5O4. The number of benzene rings is 1. The van der Waals surface area contributed by atoms with Crippen LogP contribution in [0.4, 0.5) is 0 Å². The molecule has 1 aromatic carbocycles. The van der Waals surface area contributed by atoms with Gasteiger partial charge in [-0.15, -0.1) is 0 Å². The summed E-state index contributed by atoms with van der Waals surface area (Å²) in [4.78, 5) is 45.8. The lowest BCUT2D eigenvalue weighted by Crippen LogP contribution is -2.47. The van der Waals surface area contributed by atoms with Gasteiger partial charge in [0.2, 0.25) is 0 Å². The Bertz CT molecular complexity index is 1200. The third-order valence-corrected chi connectivity index (χ3v) is 5.50. The first-order valence-corrected chi connectivity index (χ1v) is 10.8. The maximum atomic E-state index is 12.7. The van der Waals surface area contributed by atoms with Crippen molar-refractivity contribution in [2.45, 2.75) is 32.5 Å². The molecule has 4 rings (SSSR count). The molecule has 0 aliphatic carbocycles. The molecule has 1 aliphatic rings. The van der Waals surface area contributed by atoms with Gasteiger partial charge in [0.05, 0.1) is 23.7 Å². The van der Waals surface area contributed by atoms with Gasteiger partial charge in [-0.25, -0.2) is 9.78 Å². The minimum Gasteiger partial charge on any atom is -0.374 e. The highest BCUT2D eigenvalue weighted by molar-refractivity contribution is 5.96. The second-order valence-corrected chi connectivity index (χ2v) is 7.93. The van der Waals surface area contributed by atoms with E-state index in [9.17, 15) is 14.4 Å². The number of pyridine rings is 1. The highest BCUT2D eigenvalue weighted by Gasteiger charge is 2.21. The number of aromatic amines is 1. The second kappa shape index (κ2) is 9.88. The standard InChI is InChI=1S/C23H27N5O4/c1-2-8-28-20-19(22(30)26-23(28)31)11-17(12-24-20)21(29)25-13-18-15-27(9-10-32-18)14-16-6-4-3-5-7-16/h3-7,11-12,18H,2,8-10,13-15H2,1H3,(H,25,29)(H,26,30,31). The van der Waals surface area contributed by atoms with Gasteiger partial charge >= 0.3 is 5.69 Å². The van der Waals surface area contributed by atoms with E-state index in [0.29, 0.717) is 32.7 Å². The summed E-state index contributed by atoms with van der Waals surface area (Å²) in [6.45, 7) is 5.72. The number of carbonyl (C=O) groups excluding carboxylic acids is 1. The maximum Gasteiger partial charge on any atom is 0.329 e. The van der Waals surface area contributed by atoms with E-state index in [1.807, 2.05) is 25.1 Å². The minimum atomic E-state index is -0.549. The van der Waals surface area contributed by atoms with E-state index >= 15 is 0 Å². The van der Waals surface area contributed by atoms with E-state index in [4.69, 9.17) is 4.74 Å². The Hall–Kier alpha value is -3.30. The monoisotopic (exact) mass is 437 g/mol. The molecule has 168 valence electrons. The van der Waals surface area contributed by atoms with Crippen LogP contribution in [-0.4, -0.2) is 57.7 Å². The zero-order valence-corrected chi connectivity index (χ0v) is 18.0. The van der Waals surface area contributed by atoms with Crippen LogP contribution in [-0.2, 0) is 17.8 Å². The first-order chi connectivity index (χ1) is 15.5. The average Bonchev–Trinajstić information content (AvgIpc) is 2.81. The molecule has 1 unspecified atom stereocenters. The Labute approximate surface area is 185 Å². The smallest absolute Gasteiger partial charge is 0.329 e. The average molecular weight is 438 g/mol. The number of fused-ring (bicyclic) bond motifs is 1. The Morgan fingerprint density at radius 3 is 2.88 bits per heavy atom. The van der Waals surface area contributed by atoms with Gasteiger partial charge in [0.15, 0.2) is 0 Å². The Morgan fingerprint density at radius 2 is 2.09 bits per heavy atom. The van der Waals surface area contributed by atoms with E-state index in [1.54, 1.807) is 0 Å². The molecule has 3 aromatic rings. The number of aromatic nitrogens is 3. The zero-order chi connectivity index (χ0) is 22.5. The molecule has 1 atom stereocenters. The molecule has 9 nitrogen and oxygen atoms in total. The first kappa shape index (κ1) is 21.9. The van der Waals surface area contributed by atoms with Crippen molar-refractivity contribution >= 4 is 16.9 Å². The predicted octanol–water partition coefficient (Wildman–Crippen LogP) is 1.13. The van der Waals surface area contributed by atoms with Crippen LogP contribution >= 0.6 is 0 Å². The van der Waals surface area contributed by atoms with Crippen molar-refractivity contribution in [2.75, 3.05) is 26.2 Å². The fourth-order valence-electron chi connectivity index (χ4n) is 3.92. The van der Waals surface area contributed by atoms with Crippen LogP contribution in [0.5, 0.6) is 0 Å². The van der Waals surface area contributed by atoms with E-state index in [2.05, 4.69) is 32.3 Å². The molecule has 1 fully saturated rings. The largest absolute Gasteiger partial charge is 0.374 e. The third-order valence-electron chi connectivity index (χ3n) is 5.50. The topological polar surface area (TPSA) is 109 Å². The quantitative estimate of drug-likeness (QED) is 0.574. The number of aryl methyl sites for hydroxylation is 1. The van der Waals surface area contributed by atoms with Crippen LogP contribution in [0.2, 0.25) is 0 Å². The van der Waals surface area contributed by atoms with Gasteiger partial charge in [0.1, 0.15) is 5.65 Å². The summed E-state index contributed by atoms with van der Waals surface area (Å²) >= 11 is 0. The number of hydrogen-bond donors (Lipinski definition) is 2. The highest BCUT2D eigenvalue weighted by atomic mass is 16.5.